The quantitative estimate of drug-likeness (QED) is 0.602. The van der Waals surface area contributed by atoms with E-state index in [-0.39, 0.29) is 5.91 Å². The maximum atomic E-state index is 13.0. The van der Waals surface area contributed by atoms with Gasteiger partial charge in [0.05, 0.1) is 12.1 Å². The number of hydrogen-bond donors (Lipinski definition) is 0. The van der Waals surface area contributed by atoms with E-state index in [0.29, 0.717) is 12.5 Å². The lowest BCUT2D eigenvalue weighted by molar-refractivity contribution is -0.132. The minimum atomic E-state index is 0.169. The van der Waals surface area contributed by atoms with E-state index in [1.54, 1.807) is 6.20 Å². The Morgan fingerprint density at radius 1 is 1.00 bits per heavy atom. The Morgan fingerprint density at radius 2 is 1.75 bits per heavy atom. The van der Waals surface area contributed by atoms with E-state index < -0.39 is 0 Å². The first kappa shape index (κ1) is 21.4. The molecule has 0 bridgehead atoms. The standard InChI is InChI=1S/C23H29N7OS/c1-16-26-27-23(32-16)21-12-17-11-19(24-14-18(17)15-25-21)13-22(31)30-5-3-20(4-6-30)29-9-7-28(2)8-10-29/h11-12,14-15,20H,3-10,13H2,1-2H3. The summed E-state index contributed by atoms with van der Waals surface area (Å²) in [7, 11) is 2.19. The van der Waals surface area contributed by atoms with Crippen molar-refractivity contribution in [3.05, 3.63) is 35.2 Å². The maximum Gasteiger partial charge on any atom is 0.228 e. The van der Waals surface area contributed by atoms with Gasteiger partial charge < -0.3 is 9.80 Å². The molecule has 5 rings (SSSR count). The van der Waals surface area contributed by atoms with Gasteiger partial charge in [-0.1, -0.05) is 11.3 Å². The Bertz CT molecular complexity index is 1100. The minimum absolute atomic E-state index is 0.169. The van der Waals surface area contributed by atoms with Crippen molar-refractivity contribution in [2.45, 2.75) is 32.2 Å². The van der Waals surface area contributed by atoms with Crippen LogP contribution in [0.2, 0.25) is 0 Å². The second kappa shape index (κ2) is 9.17. The SMILES string of the molecule is Cc1nnc(-c2cc3cc(CC(=O)N4CCC(N5CCN(C)CC5)CC4)ncc3cn2)s1. The van der Waals surface area contributed by atoms with Gasteiger partial charge >= 0.3 is 0 Å². The zero-order chi connectivity index (χ0) is 22.1. The number of fused-ring (bicyclic) bond motifs is 1. The average Bonchev–Trinajstić information content (AvgIpc) is 3.25. The number of nitrogens with zero attached hydrogens (tertiary/aromatic N) is 7. The molecule has 5 heterocycles. The molecule has 8 nitrogen and oxygen atoms in total. The van der Waals surface area contributed by atoms with E-state index >= 15 is 0 Å². The fraction of sp³-hybridized carbons (Fsp3) is 0.522. The van der Waals surface area contributed by atoms with Gasteiger partial charge in [0.15, 0.2) is 5.01 Å². The van der Waals surface area contributed by atoms with E-state index in [4.69, 9.17) is 0 Å². The van der Waals surface area contributed by atoms with Crippen molar-refractivity contribution in [2.24, 2.45) is 0 Å². The van der Waals surface area contributed by atoms with Crippen molar-refractivity contribution < 1.29 is 4.79 Å². The Kier molecular flexibility index (Phi) is 6.12. The smallest absolute Gasteiger partial charge is 0.228 e. The van der Waals surface area contributed by atoms with E-state index in [9.17, 15) is 4.79 Å². The van der Waals surface area contributed by atoms with Crippen LogP contribution in [-0.4, -0.2) is 93.1 Å². The first-order chi connectivity index (χ1) is 15.5. The second-order valence-electron chi connectivity index (χ2n) is 8.85. The van der Waals surface area contributed by atoms with Crippen molar-refractivity contribution in [2.75, 3.05) is 46.3 Å². The summed E-state index contributed by atoms with van der Waals surface area (Å²) in [6, 6.07) is 4.62. The summed E-state index contributed by atoms with van der Waals surface area (Å²) in [5.74, 6) is 0.169. The van der Waals surface area contributed by atoms with Crippen LogP contribution < -0.4 is 0 Å². The van der Waals surface area contributed by atoms with Crippen LogP contribution in [0.4, 0.5) is 0 Å². The highest BCUT2D eigenvalue weighted by atomic mass is 32.1. The summed E-state index contributed by atoms with van der Waals surface area (Å²) in [5.41, 5.74) is 1.60. The molecule has 2 aliphatic rings. The number of piperidine rings is 1. The van der Waals surface area contributed by atoms with Crippen molar-refractivity contribution in [3.63, 3.8) is 0 Å². The van der Waals surface area contributed by atoms with Crippen molar-refractivity contribution in [1.29, 1.82) is 0 Å². The lowest BCUT2D eigenvalue weighted by atomic mass is 10.0. The molecule has 0 atom stereocenters. The summed E-state index contributed by atoms with van der Waals surface area (Å²) in [6.07, 6.45) is 6.08. The van der Waals surface area contributed by atoms with Crippen LogP contribution in [0, 0.1) is 6.92 Å². The van der Waals surface area contributed by atoms with Gasteiger partial charge in [0, 0.05) is 63.1 Å². The van der Waals surface area contributed by atoms with Crippen LogP contribution in [-0.2, 0) is 11.2 Å². The molecule has 32 heavy (non-hydrogen) atoms. The van der Waals surface area contributed by atoms with E-state index in [1.165, 1.54) is 11.3 Å². The molecule has 0 aliphatic carbocycles. The van der Waals surface area contributed by atoms with E-state index in [2.05, 4.69) is 37.0 Å². The molecule has 0 unspecified atom stereocenters. The number of piperazine rings is 1. The Morgan fingerprint density at radius 3 is 2.47 bits per heavy atom. The zero-order valence-corrected chi connectivity index (χ0v) is 19.5. The molecule has 3 aromatic rings. The highest BCUT2D eigenvalue weighted by Gasteiger charge is 2.28. The summed E-state index contributed by atoms with van der Waals surface area (Å²) in [6.45, 7) is 8.18. The summed E-state index contributed by atoms with van der Waals surface area (Å²) < 4.78 is 0. The van der Waals surface area contributed by atoms with Crippen molar-refractivity contribution in [1.82, 2.24) is 34.9 Å². The molecule has 2 aliphatic heterocycles. The number of carbonyl (C=O) groups excluding carboxylic acids is 1. The number of pyridine rings is 2. The lowest BCUT2D eigenvalue weighted by Gasteiger charge is -2.42. The summed E-state index contributed by atoms with van der Waals surface area (Å²) in [4.78, 5) is 29.0. The van der Waals surface area contributed by atoms with Crippen LogP contribution in [0.15, 0.2) is 24.5 Å². The van der Waals surface area contributed by atoms with E-state index in [1.807, 2.05) is 30.2 Å². The molecule has 0 N–H and O–H groups in total. The number of amides is 1. The third-order valence-corrected chi connectivity index (χ3v) is 7.47. The van der Waals surface area contributed by atoms with Crippen molar-refractivity contribution >= 4 is 28.0 Å². The number of rotatable bonds is 4. The highest BCUT2D eigenvalue weighted by Crippen LogP contribution is 2.25. The van der Waals surface area contributed by atoms with Gasteiger partial charge in [-0.15, -0.1) is 10.2 Å². The number of hydrogen-bond acceptors (Lipinski definition) is 8. The van der Waals surface area contributed by atoms with Gasteiger partial charge in [-0.25, -0.2) is 0 Å². The second-order valence-corrected chi connectivity index (χ2v) is 10.0. The molecule has 0 saturated carbocycles. The molecule has 3 aromatic heterocycles. The third-order valence-electron chi connectivity index (χ3n) is 6.61. The maximum absolute atomic E-state index is 13.0. The first-order valence-corrected chi connectivity index (χ1v) is 12.1. The van der Waals surface area contributed by atoms with Crippen LogP contribution in [0.25, 0.3) is 21.5 Å². The van der Waals surface area contributed by atoms with Crippen LogP contribution in [0.3, 0.4) is 0 Å². The fourth-order valence-electron chi connectivity index (χ4n) is 4.63. The minimum Gasteiger partial charge on any atom is -0.342 e. The van der Waals surface area contributed by atoms with Crippen LogP contribution in [0.1, 0.15) is 23.5 Å². The zero-order valence-electron chi connectivity index (χ0n) is 18.7. The number of likely N-dealkylation sites (tertiary alicyclic amines) is 1. The molecule has 0 spiro atoms. The number of carbonyl (C=O) groups is 1. The van der Waals surface area contributed by atoms with Crippen LogP contribution >= 0.6 is 11.3 Å². The predicted octanol–water partition coefficient (Wildman–Crippen LogP) is 2.24. The topological polar surface area (TPSA) is 78.4 Å². The molecule has 2 fully saturated rings. The molecular weight excluding hydrogens is 422 g/mol. The molecule has 1 amide bonds. The van der Waals surface area contributed by atoms with Crippen molar-refractivity contribution in [3.8, 4) is 10.7 Å². The van der Waals surface area contributed by atoms with Gasteiger partial charge in [-0.3, -0.25) is 19.7 Å². The Balaban J connectivity index is 1.22. The Labute approximate surface area is 192 Å². The number of likely N-dealkylation sites (N-methyl/N-ethyl adjacent to an activating group) is 1. The normalized spacial score (nSPS) is 19.0. The third kappa shape index (κ3) is 4.65. The summed E-state index contributed by atoms with van der Waals surface area (Å²) in [5, 5.41) is 12.0. The average molecular weight is 452 g/mol. The van der Waals surface area contributed by atoms with E-state index in [0.717, 1.165) is 84.3 Å². The van der Waals surface area contributed by atoms with Gasteiger partial charge in [0.2, 0.25) is 5.91 Å². The lowest BCUT2D eigenvalue weighted by Crippen LogP contribution is -2.53. The molecule has 9 heteroatoms. The first-order valence-electron chi connectivity index (χ1n) is 11.3. The molecule has 0 aromatic carbocycles. The fourth-order valence-corrected chi connectivity index (χ4v) is 5.29. The van der Waals surface area contributed by atoms with Gasteiger partial charge in [-0.2, -0.15) is 0 Å². The molecule has 0 radical (unpaired) electrons. The van der Waals surface area contributed by atoms with Gasteiger partial charge in [-0.05, 0) is 44.3 Å². The number of aryl methyl sites for hydroxylation is 1. The van der Waals surface area contributed by atoms with Crippen LogP contribution in [0.5, 0.6) is 0 Å². The molecule has 168 valence electrons. The molecule has 2 saturated heterocycles. The summed E-state index contributed by atoms with van der Waals surface area (Å²) >= 11 is 1.53. The highest BCUT2D eigenvalue weighted by molar-refractivity contribution is 7.14. The Hall–Kier alpha value is -2.49. The molecular formula is C23H29N7OS. The largest absolute Gasteiger partial charge is 0.342 e. The van der Waals surface area contributed by atoms with Gasteiger partial charge in [0.25, 0.3) is 0 Å². The van der Waals surface area contributed by atoms with Gasteiger partial charge in [0.1, 0.15) is 10.7 Å². The predicted molar refractivity (Wildman–Crippen MR) is 126 cm³/mol. The number of aromatic nitrogens is 4. The monoisotopic (exact) mass is 451 g/mol.